The van der Waals surface area contributed by atoms with Crippen molar-refractivity contribution in [2.24, 2.45) is 0 Å². The predicted octanol–water partition coefficient (Wildman–Crippen LogP) is 2.23. The maximum Gasteiger partial charge on any atom is 0.264 e. The maximum absolute atomic E-state index is 12.4. The number of aromatic nitrogens is 1. The first-order valence-electron chi connectivity index (χ1n) is 6.39. The number of pyridine rings is 1. The Labute approximate surface area is 133 Å². The molecule has 0 aliphatic heterocycles. The summed E-state index contributed by atoms with van der Waals surface area (Å²) in [6, 6.07) is 8.63. The molecule has 0 saturated carbocycles. The van der Waals surface area contributed by atoms with Crippen LogP contribution in [0, 0.1) is 0 Å². The van der Waals surface area contributed by atoms with Gasteiger partial charge >= 0.3 is 0 Å². The SMILES string of the molecule is COc1cccc(OC)c1C(=O)NC(=S)Nc1cccnc1. The summed E-state index contributed by atoms with van der Waals surface area (Å²) in [5.41, 5.74) is 0.961. The van der Waals surface area contributed by atoms with Crippen molar-refractivity contribution in [3.05, 3.63) is 48.3 Å². The molecule has 0 fully saturated rings. The average molecular weight is 317 g/mol. The summed E-state index contributed by atoms with van der Waals surface area (Å²) in [6.07, 6.45) is 3.24. The molecule has 0 atom stereocenters. The largest absolute Gasteiger partial charge is 0.496 e. The van der Waals surface area contributed by atoms with Crippen molar-refractivity contribution in [1.82, 2.24) is 10.3 Å². The Kier molecular flexibility index (Phi) is 5.26. The molecule has 1 heterocycles. The number of anilines is 1. The molecule has 2 aromatic rings. The molecular weight excluding hydrogens is 302 g/mol. The number of ether oxygens (including phenoxy) is 2. The number of benzene rings is 1. The molecule has 114 valence electrons. The van der Waals surface area contributed by atoms with Gasteiger partial charge in [-0.05, 0) is 36.5 Å². The summed E-state index contributed by atoms with van der Waals surface area (Å²) < 4.78 is 10.4. The number of thiocarbonyl (C=S) groups is 1. The van der Waals surface area contributed by atoms with Crippen LogP contribution < -0.4 is 20.1 Å². The van der Waals surface area contributed by atoms with Gasteiger partial charge in [-0.1, -0.05) is 6.07 Å². The molecule has 0 unspecified atom stereocenters. The molecule has 1 amide bonds. The van der Waals surface area contributed by atoms with Gasteiger partial charge in [0.1, 0.15) is 17.1 Å². The van der Waals surface area contributed by atoms with Crippen LogP contribution in [0.25, 0.3) is 0 Å². The molecule has 2 N–H and O–H groups in total. The molecule has 0 saturated heterocycles. The molecule has 0 aliphatic rings. The second kappa shape index (κ2) is 7.37. The van der Waals surface area contributed by atoms with Crippen molar-refractivity contribution in [1.29, 1.82) is 0 Å². The lowest BCUT2D eigenvalue weighted by Crippen LogP contribution is -2.34. The number of methoxy groups -OCH3 is 2. The standard InChI is InChI=1S/C15H15N3O3S/c1-20-11-6-3-7-12(21-2)13(11)14(19)18-15(22)17-10-5-4-8-16-9-10/h3-9H,1-2H3,(H2,17,18,19,22). The highest BCUT2D eigenvalue weighted by atomic mass is 32.1. The molecule has 2 rings (SSSR count). The molecule has 7 heteroatoms. The maximum atomic E-state index is 12.4. The fraction of sp³-hybridized carbons (Fsp3) is 0.133. The molecule has 0 spiro atoms. The smallest absolute Gasteiger partial charge is 0.264 e. The van der Waals surface area contributed by atoms with E-state index in [-0.39, 0.29) is 10.7 Å². The third kappa shape index (κ3) is 3.70. The Morgan fingerprint density at radius 3 is 2.36 bits per heavy atom. The molecule has 0 aliphatic carbocycles. The number of hydrogen-bond donors (Lipinski definition) is 2. The molecule has 0 bridgehead atoms. The van der Waals surface area contributed by atoms with Crippen molar-refractivity contribution in [2.75, 3.05) is 19.5 Å². The molecule has 6 nitrogen and oxygen atoms in total. The summed E-state index contributed by atoms with van der Waals surface area (Å²) in [4.78, 5) is 16.3. The van der Waals surface area contributed by atoms with Gasteiger partial charge in [0.05, 0.1) is 26.1 Å². The summed E-state index contributed by atoms with van der Waals surface area (Å²) in [5, 5.41) is 5.62. The minimum Gasteiger partial charge on any atom is -0.496 e. The first-order chi connectivity index (χ1) is 10.7. The highest BCUT2D eigenvalue weighted by Crippen LogP contribution is 2.27. The Morgan fingerprint density at radius 1 is 1.14 bits per heavy atom. The quantitative estimate of drug-likeness (QED) is 0.843. The van der Waals surface area contributed by atoms with Crippen molar-refractivity contribution >= 4 is 28.9 Å². The van der Waals surface area contributed by atoms with E-state index >= 15 is 0 Å². The number of carbonyl (C=O) groups is 1. The van der Waals surface area contributed by atoms with Crippen LogP contribution in [0.15, 0.2) is 42.7 Å². The Morgan fingerprint density at radius 2 is 1.82 bits per heavy atom. The fourth-order valence-electron chi connectivity index (χ4n) is 1.84. The van der Waals surface area contributed by atoms with Crippen LogP contribution in [0.1, 0.15) is 10.4 Å². The van der Waals surface area contributed by atoms with E-state index in [0.717, 1.165) is 0 Å². The van der Waals surface area contributed by atoms with E-state index in [1.54, 1.807) is 42.7 Å². The number of nitrogens with one attached hydrogen (secondary N) is 2. The van der Waals surface area contributed by atoms with Gasteiger partial charge in [-0.2, -0.15) is 0 Å². The van der Waals surface area contributed by atoms with Crippen molar-refractivity contribution in [2.45, 2.75) is 0 Å². The summed E-state index contributed by atoms with van der Waals surface area (Å²) in [5.74, 6) is 0.387. The monoisotopic (exact) mass is 317 g/mol. The van der Waals surface area contributed by atoms with E-state index in [1.165, 1.54) is 14.2 Å². The van der Waals surface area contributed by atoms with E-state index in [9.17, 15) is 4.79 Å². The van der Waals surface area contributed by atoms with Crippen molar-refractivity contribution in [3.8, 4) is 11.5 Å². The van der Waals surface area contributed by atoms with Crippen LogP contribution in [0.5, 0.6) is 11.5 Å². The zero-order valence-electron chi connectivity index (χ0n) is 12.1. The summed E-state index contributed by atoms with van der Waals surface area (Å²) >= 11 is 5.12. The second-order valence-electron chi connectivity index (χ2n) is 4.19. The van der Waals surface area contributed by atoms with Gasteiger partial charge < -0.3 is 14.8 Å². The number of amides is 1. The van der Waals surface area contributed by atoms with Crippen LogP contribution in [0.2, 0.25) is 0 Å². The number of carbonyl (C=O) groups excluding carboxylic acids is 1. The van der Waals surface area contributed by atoms with Crippen molar-refractivity contribution < 1.29 is 14.3 Å². The van der Waals surface area contributed by atoms with E-state index in [1.807, 2.05) is 0 Å². The second-order valence-corrected chi connectivity index (χ2v) is 4.60. The lowest BCUT2D eigenvalue weighted by atomic mass is 10.1. The summed E-state index contributed by atoms with van der Waals surface area (Å²) in [7, 11) is 2.97. The molecule has 1 aromatic carbocycles. The van der Waals surface area contributed by atoms with E-state index in [4.69, 9.17) is 21.7 Å². The summed E-state index contributed by atoms with van der Waals surface area (Å²) in [6.45, 7) is 0. The minimum atomic E-state index is -0.421. The first-order valence-corrected chi connectivity index (χ1v) is 6.80. The van der Waals surface area contributed by atoms with Gasteiger partial charge in [0.2, 0.25) is 0 Å². The van der Waals surface area contributed by atoms with Gasteiger partial charge in [-0.15, -0.1) is 0 Å². The third-order valence-corrected chi connectivity index (χ3v) is 3.01. The zero-order chi connectivity index (χ0) is 15.9. The Bertz CT molecular complexity index is 655. The average Bonchev–Trinajstić information content (AvgIpc) is 2.54. The van der Waals surface area contributed by atoms with Gasteiger partial charge in [-0.25, -0.2) is 0 Å². The number of nitrogens with zero attached hydrogens (tertiary/aromatic N) is 1. The lowest BCUT2D eigenvalue weighted by molar-refractivity contribution is 0.0971. The highest BCUT2D eigenvalue weighted by molar-refractivity contribution is 7.80. The number of rotatable bonds is 4. The van der Waals surface area contributed by atoms with Crippen LogP contribution in [-0.2, 0) is 0 Å². The minimum absolute atomic E-state index is 0.158. The van der Waals surface area contributed by atoms with Crippen LogP contribution in [-0.4, -0.2) is 30.2 Å². The van der Waals surface area contributed by atoms with E-state index in [2.05, 4.69) is 15.6 Å². The van der Waals surface area contributed by atoms with E-state index < -0.39 is 5.91 Å². The predicted molar refractivity (Wildman–Crippen MR) is 87.5 cm³/mol. The molecule has 0 radical (unpaired) electrons. The lowest BCUT2D eigenvalue weighted by Gasteiger charge is -2.14. The van der Waals surface area contributed by atoms with Crippen LogP contribution in [0.4, 0.5) is 5.69 Å². The Balaban J connectivity index is 2.14. The van der Waals surface area contributed by atoms with Gasteiger partial charge in [0.25, 0.3) is 5.91 Å². The fourth-order valence-corrected chi connectivity index (χ4v) is 2.05. The molecular formula is C15H15N3O3S. The first kappa shape index (κ1) is 15.7. The highest BCUT2D eigenvalue weighted by Gasteiger charge is 2.19. The van der Waals surface area contributed by atoms with Crippen molar-refractivity contribution in [3.63, 3.8) is 0 Å². The van der Waals surface area contributed by atoms with Gasteiger partial charge in [-0.3, -0.25) is 15.1 Å². The van der Waals surface area contributed by atoms with Crippen LogP contribution >= 0.6 is 12.2 Å². The Hall–Kier alpha value is -2.67. The molecule has 1 aromatic heterocycles. The molecule has 22 heavy (non-hydrogen) atoms. The third-order valence-electron chi connectivity index (χ3n) is 2.80. The number of hydrogen-bond acceptors (Lipinski definition) is 5. The van der Waals surface area contributed by atoms with Gasteiger partial charge in [0, 0.05) is 6.20 Å². The normalized spacial score (nSPS) is 9.73. The van der Waals surface area contributed by atoms with E-state index in [0.29, 0.717) is 17.2 Å². The zero-order valence-corrected chi connectivity index (χ0v) is 12.9. The van der Waals surface area contributed by atoms with Gasteiger partial charge in [0.15, 0.2) is 5.11 Å². The topological polar surface area (TPSA) is 72.5 Å². The van der Waals surface area contributed by atoms with Crippen LogP contribution in [0.3, 0.4) is 0 Å².